The van der Waals surface area contributed by atoms with Crippen molar-refractivity contribution in [2.75, 3.05) is 46.2 Å². The van der Waals surface area contributed by atoms with Gasteiger partial charge in [-0.05, 0) is 51.0 Å². The van der Waals surface area contributed by atoms with E-state index in [1.54, 1.807) is 28.1 Å². The van der Waals surface area contributed by atoms with Gasteiger partial charge < -0.3 is 19.7 Å². The van der Waals surface area contributed by atoms with Crippen LogP contribution in [-0.2, 0) is 16.3 Å². The Bertz CT molecular complexity index is 775. The molecule has 1 aliphatic heterocycles. The highest BCUT2D eigenvalue weighted by Gasteiger charge is 2.40. The normalized spacial score (nSPS) is 18.9. The number of benzene rings is 1. The highest BCUT2D eigenvalue weighted by atomic mass is 32.2. The maximum atomic E-state index is 12.2. The minimum absolute atomic E-state index is 0.147. The molecule has 1 aromatic carbocycles. The van der Waals surface area contributed by atoms with Gasteiger partial charge in [0.2, 0.25) is 0 Å². The summed E-state index contributed by atoms with van der Waals surface area (Å²) in [5, 5.41) is 3.28. The lowest BCUT2D eigenvalue weighted by Crippen LogP contribution is -2.57. The molecule has 27 heavy (non-hydrogen) atoms. The first-order valence-electron chi connectivity index (χ1n) is 9.20. The summed E-state index contributed by atoms with van der Waals surface area (Å²) in [7, 11) is 0.208. The third-order valence-corrected chi connectivity index (χ3v) is 7.34. The summed E-state index contributed by atoms with van der Waals surface area (Å²) < 4.78 is 34.4. The van der Waals surface area contributed by atoms with Crippen LogP contribution in [0.4, 0.5) is 0 Å². The van der Waals surface area contributed by atoms with Gasteiger partial charge in [-0.25, -0.2) is 8.42 Å². The molecule has 1 heterocycles. The fourth-order valence-corrected chi connectivity index (χ4v) is 4.48. The van der Waals surface area contributed by atoms with Gasteiger partial charge >= 0.3 is 0 Å². The molecule has 0 atom stereocenters. The summed E-state index contributed by atoms with van der Waals surface area (Å²) in [5.41, 5.74) is 1.03. The standard InChI is InChI=1S/C19H31N3O4S/c1-6-20-18(22-11-12-27(23,24)19(2,3)14-22)21-10-9-15-13-16(25-4)7-8-17(15)26-5/h7-8,13H,6,9-12,14H2,1-5H3,(H,20,21). The predicted molar refractivity (Wildman–Crippen MR) is 109 cm³/mol. The van der Waals surface area contributed by atoms with E-state index in [0.717, 1.165) is 29.6 Å². The van der Waals surface area contributed by atoms with Crippen molar-refractivity contribution in [1.82, 2.24) is 10.2 Å². The highest BCUT2D eigenvalue weighted by molar-refractivity contribution is 7.92. The van der Waals surface area contributed by atoms with Crippen molar-refractivity contribution < 1.29 is 17.9 Å². The van der Waals surface area contributed by atoms with E-state index in [0.29, 0.717) is 26.1 Å². The van der Waals surface area contributed by atoms with Gasteiger partial charge in [0.05, 0.1) is 24.7 Å². The van der Waals surface area contributed by atoms with Gasteiger partial charge in [0, 0.05) is 26.2 Å². The Labute approximate surface area is 162 Å². The van der Waals surface area contributed by atoms with Crippen LogP contribution in [0.3, 0.4) is 0 Å². The van der Waals surface area contributed by atoms with Crippen LogP contribution in [0.5, 0.6) is 11.5 Å². The number of hydrogen-bond donors (Lipinski definition) is 1. The van der Waals surface area contributed by atoms with E-state index in [1.807, 2.05) is 30.0 Å². The molecule has 2 rings (SSSR count). The molecule has 1 aromatic rings. The Morgan fingerprint density at radius 1 is 1.30 bits per heavy atom. The lowest BCUT2D eigenvalue weighted by molar-refractivity contribution is 0.353. The monoisotopic (exact) mass is 397 g/mol. The molecule has 0 aliphatic carbocycles. The first-order chi connectivity index (χ1) is 12.7. The van der Waals surface area contributed by atoms with Crippen LogP contribution >= 0.6 is 0 Å². The van der Waals surface area contributed by atoms with Crippen LogP contribution in [0.1, 0.15) is 26.3 Å². The van der Waals surface area contributed by atoms with Crippen molar-refractivity contribution in [1.29, 1.82) is 0 Å². The van der Waals surface area contributed by atoms with Crippen LogP contribution < -0.4 is 14.8 Å². The molecule has 0 unspecified atom stereocenters. The number of hydrogen-bond acceptors (Lipinski definition) is 5. The maximum absolute atomic E-state index is 12.2. The third kappa shape index (κ3) is 5.06. The van der Waals surface area contributed by atoms with Crippen molar-refractivity contribution in [3.05, 3.63) is 23.8 Å². The molecule has 8 heteroatoms. The van der Waals surface area contributed by atoms with Crippen molar-refractivity contribution >= 4 is 15.8 Å². The number of nitrogens with one attached hydrogen (secondary N) is 1. The van der Waals surface area contributed by atoms with Crippen molar-refractivity contribution in [2.24, 2.45) is 4.99 Å². The third-order valence-electron chi connectivity index (χ3n) is 4.81. The van der Waals surface area contributed by atoms with Crippen LogP contribution in [-0.4, -0.2) is 70.2 Å². The minimum atomic E-state index is -3.08. The van der Waals surface area contributed by atoms with E-state index < -0.39 is 14.6 Å². The summed E-state index contributed by atoms with van der Waals surface area (Å²) in [5.74, 6) is 2.49. The Kier molecular flexibility index (Phi) is 6.97. The SMILES string of the molecule is CCNC(=NCCc1cc(OC)ccc1OC)N1CCS(=O)(=O)C(C)(C)C1. The molecule has 0 aromatic heterocycles. The largest absolute Gasteiger partial charge is 0.497 e. The van der Waals surface area contributed by atoms with Crippen LogP contribution in [0.15, 0.2) is 23.2 Å². The Balaban J connectivity index is 2.13. The van der Waals surface area contributed by atoms with E-state index in [1.165, 1.54) is 0 Å². The molecular weight excluding hydrogens is 366 g/mol. The average Bonchev–Trinajstić information content (AvgIpc) is 2.63. The molecule has 0 spiro atoms. The average molecular weight is 398 g/mol. The number of ether oxygens (including phenoxy) is 2. The van der Waals surface area contributed by atoms with Crippen LogP contribution in [0.2, 0.25) is 0 Å². The van der Waals surface area contributed by atoms with Gasteiger partial charge in [0.15, 0.2) is 15.8 Å². The lowest BCUT2D eigenvalue weighted by Gasteiger charge is -2.39. The van der Waals surface area contributed by atoms with E-state index in [2.05, 4.69) is 5.32 Å². The van der Waals surface area contributed by atoms with Gasteiger partial charge in [-0.3, -0.25) is 4.99 Å². The zero-order valence-corrected chi connectivity index (χ0v) is 17.7. The summed E-state index contributed by atoms with van der Waals surface area (Å²) in [6.07, 6.45) is 0.699. The summed E-state index contributed by atoms with van der Waals surface area (Å²) in [6.45, 7) is 7.75. The van der Waals surface area contributed by atoms with Gasteiger partial charge in [-0.15, -0.1) is 0 Å². The smallest absolute Gasteiger partial charge is 0.194 e. The van der Waals surface area contributed by atoms with E-state index in [4.69, 9.17) is 14.5 Å². The van der Waals surface area contributed by atoms with E-state index in [-0.39, 0.29) is 5.75 Å². The maximum Gasteiger partial charge on any atom is 0.194 e. The first kappa shape index (κ1) is 21.3. The van der Waals surface area contributed by atoms with Crippen molar-refractivity contribution in [2.45, 2.75) is 31.9 Å². The topological polar surface area (TPSA) is 80.2 Å². The Morgan fingerprint density at radius 2 is 2.04 bits per heavy atom. The van der Waals surface area contributed by atoms with Gasteiger partial charge in [-0.2, -0.15) is 0 Å². The number of guanidine groups is 1. The van der Waals surface area contributed by atoms with Crippen molar-refractivity contribution in [3.8, 4) is 11.5 Å². The molecule has 1 saturated heterocycles. The summed E-state index contributed by atoms with van der Waals surface area (Å²) in [6, 6.07) is 5.71. The predicted octanol–water partition coefficient (Wildman–Crippen LogP) is 1.72. The second-order valence-corrected chi connectivity index (χ2v) is 9.91. The second-order valence-electron chi connectivity index (χ2n) is 7.16. The number of rotatable bonds is 6. The van der Waals surface area contributed by atoms with E-state index >= 15 is 0 Å². The fourth-order valence-electron chi connectivity index (χ4n) is 3.11. The molecule has 7 nitrogen and oxygen atoms in total. The summed E-state index contributed by atoms with van der Waals surface area (Å²) in [4.78, 5) is 6.75. The lowest BCUT2D eigenvalue weighted by atomic mass is 10.1. The second kappa shape index (κ2) is 8.82. The highest BCUT2D eigenvalue weighted by Crippen LogP contribution is 2.25. The summed E-state index contributed by atoms with van der Waals surface area (Å²) >= 11 is 0. The fraction of sp³-hybridized carbons (Fsp3) is 0.632. The van der Waals surface area contributed by atoms with Gasteiger partial charge in [0.1, 0.15) is 11.5 Å². The van der Waals surface area contributed by atoms with Crippen molar-refractivity contribution in [3.63, 3.8) is 0 Å². The van der Waals surface area contributed by atoms with Crippen LogP contribution in [0, 0.1) is 0 Å². The molecular formula is C19H31N3O4S. The molecule has 152 valence electrons. The van der Waals surface area contributed by atoms with E-state index in [9.17, 15) is 8.42 Å². The molecule has 0 bridgehead atoms. The molecule has 0 amide bonds. The Morgan fingerprint density at radius 3 is 2.63 bits per heavy atom. The van der Waals surface area contributed by atoms with Crippen LogP contribution in [0.25, 0.3) is 0 Å². The molecule has 1 N–H and O–H groups in total. The Hall–Kier alpha value is -1.96. The molecule has 1 aliphatic rings. The number of methoxy groups -OCH3 is 2. The van der Waals surface area contributed by atoms with Gasteiger partial charge in [-0.1, -0.05) is 0 Å². The number of aliphatic imine (C=N–C) groups is 1. The number of nitrogens with zero attached hydrogens (tertiary/aromatic N) is 2. The molecule has 1 fully saturated rings. The molecule has 0 saturated carbocycles. The zero-order valence-electron chi connectivity index (χ0n) is 16.9. The van der Waals surface area contributed by atoms with Gasteiger partial charge in [0.25, 0.3) is 0 Å². The quantitative estimate of drug-likeness (QED) is 0.582. The minimum Gasteiger partial charge on any atom is -0.497 e. The zero-order chi connectivity index (χ0) is 20.1. The first-order valence-corrected chi connectivity index (χ1v) is 10.9. The number of sulfone groups is 1. The molecule has 0 radical (unpaired) electrons.